The fraction of sp³-hybridized carbons (Fsp3) is 0.265. The molecule has 3 heterocycles. The average Bonchev–Trinajstić information content (AvgIpc) is 3.71. The summed E-state index contributed by atoms with van der Waals surface area (Å²) in [5.74, 6) is 1.37. The third kappa shape index (κ3) is 6.43. The van der Waals surface area contributed by atoms with Gasteiger partial charge in [-0.2, -0.15) is 0 Å². The van der Waals surface area contributed by atoms with Gasteiger partial charge in [0.05, 0.1) is 18.1 Å². The van der Waals surface area contributed by atoms with E-state index in [0.29, 0.717) is 18.8 Å². The summed E-state index contributed by atoms with van der Waals surface area (Å²) < 4.78 is 3.19. The van der Waals surface area contributed by atoms with Gasteiger partial charge in [0.25, 0.3) is 0 Å². The van der Waals surface area contributed by atoms with E-state index >= 15 is 0 Å². The monoisotopic (exact) mass is 637 g/mol. The van der Waals surface area contributed by atoms with Crippen molar-refractivity contribution < 1.29 is 4.79 Å². The Balaban J connectivity index is 1.33. The summed E-state index contributed by atoms with van der Waals surface area (Å²) in [6.45, 7) is 4.02. The largest absolute Gasteiger partial charge is 0.361 e. The van der Waals surface area contributed by atoms with Crippen LogP contribution in [0, 0.1) is 0 Å². The van der Waals surface area contributed by atoms with Gasteiger partial charge in [0.2, 0.25) is 5.91 Å². The molecule has 0 radical (unpaired) electrons. The van der Waals surface area contributed by atoms with E-state index < -0.39 is 11.6 Å². The molecule has 1 amide bonds. The first-order valence-electron chi connectivity index (χ1n) is 14.6. The first-order valence-corrected chi connectivity index (χ1v) is 15.4. The van der Waals surface area contributed by atoms with Crippen LogP contribution in [-0.2, 0) is 30.6 Å². The van der Waals surface area contributed by atoms with Crippen molar-refractivity contribution in [2.45, 2.75) is 57.7 Å². The fourth-order valence-corrected chi connectivity index (χ4v) is 5.85. The average molecular weight is 639 g/mol. The Bertz CT molecular complexity index is 1860. The van der Waals surface area contributed by atoms with Gasteiger partial charge in [0.15, 0.2) is 5.82 Å². The van der Waals surface area contributed by atoms with Crippen LogP contribution in [0.25, 0.3) is 21.8 Å². The van der Waals surface area contributed by atoms with Gasteiger partial charge in [-0.05, 0) is 67.6 Å². The summed E-state index contributed by atoms with van der Waals surface area (Å²) in [6.07, 6.45) is 7.23. The molecule has 220 valence electrons. The van der Waals surface area contributed by atoms with E-state index in [-0.39, 0.29) is 5.91 Å². The Morgan fingerprint density at radius 3 is 2.21 bits per heavy atom. The first kappa shape index (κ1) is 28.9. The maximum Gasteiger partial charge on any atom is 0.240 e. The summed E-state index contributed by atoms with van der Waals surface area (Å²) in [5.41, 5.74) is 10.9. The molecule has 3 aromatic heterocycles. The molecule has 43 heavy (non-hydrogen) atoms. The number of hydrogen-bond acceptors (Lipinski definition) is 4. The highest BCUT2D eigenvalue weighted by molar-refractivity contribution is 9.10. The second-order valence-electron chi connectivity index (χ2n) is 11.7. The number of hydrogen-bond donors (Lipinski definition) is 4. The van der Waals surface area contributed by atoms with E-state index in [1.165, 1.54) is 10.9 Å². The van der Waals surface area contributed by atoms with Gasteiger partial charge < -0.3 is 25.6 Å². The maximum atomic E-state index is 13.3. The number of aromatic nitrogens is 5. The van der Waals surface area contributed by atoms with Crippen molar-refractivity contribution in [3.63, 3.8) is 0 Å². The minimum Gasteiger partial charge on any atom is -0.361 e. The van der Waals surface area contributed by atoms with E-state index in [9.17, 15) is 4.79 Å². The molecule has 0 unspecified atom stereocenters. The number of amides is 1. The Morgan fingerprint density at radius 1 is 0.907 bits per heavy atom. The molecule has 8 nitrogen and oxygen atoms in total. The van der Waals surface area contributed by atoms with Crippen molar-refractivity contribution in [2.75, 3.05) is 0 Å². The number of H-pyrrole nitrogens is 2. The number of nitrogens with one attached hydrogen (secondary N) is 3. The number of carbonyl (C=O) groups excluding carboxylic acids is 1. The topological polar surface area (TPSA) is 117 Å². The lowest BCUT2D eigenvalue weighted by molar-refractivity contribution is -0.126. The van der Waals surface area contributed by atoms with Crippen LogP contribution in [0.4, 0.5) is 0 Å². The van der Waals surface area contributed by atoms with E-state index in [1.54, 1.807) is 13.8 Å². The van der Waals surface area contributed by atoms with Gasteiger partial charge in [0, 0.05) is 51.5 Å². The number of carbonyl (C=O) groups is 1. The van der Waals surface area contributed by atoms with Crippen LogP contribution in [0.2, 0.25) is 0 Å². The Hall–Kier alpha value is -4.21. The van der Waals surface area contributed by atoms with Gasteiger partial charge in [-0.15, -0.1) is 10.2 Å². The zero-order valence-corrected chi connectivity index (χ0v) is 26.0. The molecule has 6 rings (SSSR count). The molecular formula is C34H36BrN7O. The van der Waals surface area contributed by atoms with Crippen molar-refractivity contribution >= 4 is 43.6 Å². The van der Waals surface area contributed by atoms with E-state index in [0.717, 1.165) is 57.1 Å². The summed E-state index contributed by atoms with van der Waals surface area (Å²) >= 11 is 3.55. The van der Waals surface area contributed by atoms with Crippen molar-refractivity contribution in [1.29, 1.82) is 0 Å². The molecule has 0 aliphatic carbocycles. The highest BCUT2D eigenvalue weighted by atomic mass is 79.9. The number of aryl methyl sites for hydroxylation is 2. The highest BCUT2D eigenvalue weighted by Gasteiger charge is 2.29. The van der Waals surface area contributed by atoms with E-state index in [2.05, 4.69) is 84.4 Å². The first-order chi connectivity index (χ1) is 20.8. The van der Waals surface area contributed by atoms with Crippen LogP contribution >= 0.6 is 15.9 Å². The molecule has 0 saturated heterocycles. The number of fused-ring (bicyclic) bond motifs is 2. The summed E-state index contributed by atoms with van der Waals surface area (Å²) in [5, 5.41) is 15.0. The summed E-state index contributed by atoms with van der Waals surface area (Å²) in [7, 11) is 0. The molecule has 0 aliphatic heterocycles. The number of rotatable bonds is 11. The van der Waals surface area contributed by atoms with Crippen molar-refractivity contribution in [2.24, 2.45) is 5.73 Å². The van der Waals surface area contributed by atoms with Gasteiger partial charge >= 0.3 is 0 Å². The quantitative estimate of drug-likeness (QED) is 0.132. The van der Waals surface area contributed by atoms with E-state index in [4.69, 9.17) is 15.9 Å². The highest BCUT2D eigenvalue weighted by Crippen LogP contribution is 2.27. The van der Waals surface area contributed by atoms with Gasteiger partial charge in [-0.3, -0.25) is 4.79 Å². The van der Waals surface area contributed by atoms with Crippen LogP contribution in [0.1, 0.15) is 54.6 Å². The number of nitrogens with zero attached hydrogens (tertiary/aromatic N) is 3. The second kappa shape index (κ2) is 12.2. The molecule has 0 aliphatic rings. The molecule has 0 spiro atoms. The third-order valence-corrected chi connectivity index (χ3v) is 8.46. The lowest BCUT2D eigenvalue weighted by Gasteiger charge is -2.25. The van der Waals surface area contributed by atoms with Crippen LogP contribution in [0.15, 0.2) is 89.7 Å². The molecular weight excluding hydrogens is 602 g/mol. The minimum atomic E-state index is -1.04. The molecule has 5 N–H and O–H groups in total. The lowest BCUT2D eigenvalue weighted by atomic mass is 10.0. The summed E-state index contributed by atoms with van der Waals surface area (Å²) in [4.78, 5) is 20.0. The van der Waals surface area contributed by atoms with Gasteiger partial charge in [-0.1, -0.05) is 64.5 Å². The number of nitrogens with two attached hydrogens (primary N) is 1. The number of halogens is 1. The minimum absolute atomic E-state index is 0.239. The second-order valence-corrected chi connectivity index (χ2v) is 12.6. The molecule has 9 heteroatoms. The third-order valence-electron chi connectivity index (χ3n) is 7.93. The van der Waals surface area contributed by atoms with Crippen molar-refractivity contribution in [3.8, 4) is 0 Å². The SMILES string of the molecule is CC(C)(N)C(=O)N[C@H](Cc1c[nH]c2ccccc12)c1nnc(CCCc2c[nH]c3ccccc23)n1Cc1ccc(Br)cc1. The Morgan fingerprint density at radius 2 is 1.53 bits per heavy atom. The Labute approximate surface area is 259 Å². The fourth-order valence-electron chi connectivity index (χ4n) is 5.58. The Kier molecular flexibility index (Phi) is 8.19. The van der Waals surface area contributed by atoms with Gasteiger partial charge in [-0.25, -0.2) is 0 Å². The van der Waals surface area contributed by atoms with Crippen LogP contribution in [-0.4, -0.2) is 36.2 Å². The van der Waals surface area contributed by atoms with Gasteiger partial charge in [0.1, 0.15) is 5.82 Å². The molecule has 0 bridgehead atoms. The molecule has 3 aromatic carbocycles. The zero-order valence-electron chi connectivity index (χ0n) is 24.4. The lowest BCUT2D eigenvalue weighted by Crippen LogP contribution is -2.50. The number of para-hydroxylation sites is 2. The normalized spacial score (nSPS) is 12.7. The standard InChI is InChI=1S/C34H36BrN7O/c1-34(2,36)33(43)39-30(18-24-20-38-29-12-6-4-10-27(24)29)32-41-40-31(42(32)21-22-14-16-25(35)17-15-22)13-7-8-23-19-37-28-11-5-3-9-26(23)28/h3-6,9-12,14-17,19-20,30,37-38H,7-8,13,18,21,36H2,1-2H3,(H,39,43)/t30-/m1/s1. The number of aromatic amines is 2. The van der Waals surface area contributed by atoms with Crippen molar-refractivity contribution in [1.82, 2.24) is 30.0 Å². The molecule has 6 aromatic rings. The van der Waals surface area contributed by atoms with Crippen LogP contribution in [0.5, 0.6) is 0 Å². The van der Waals surface area contributed by atoms with Crippen molar-refractivity contribution in [3.05, 3.63) is 118 Å². The summed E-state index contributed by atoms with van der Waals surface area (Å²) in [6, 6.07) is 24.4. The zero-order chi connectivity index (χ0) is 30.0. The maximum absolute atomic E-state index is 13.3. The molecule has 1 atom stereocenters. The molecule has 0 fully saturated rings. The van der Waals surface area contributed by atoms with Crippen LogP contribution < -0.4 is 11.1 Å². The number of benzene rings is 3. The predicted molar refractivity (Wildman–Crippen MR) is 175 cm³/mol. The van der Waals surface area contributed by atoms with E-state index in [1.807, 2.05) is 36.5 Å². The van der Waals surface area contributed by atoms with Crippen LogP contribution in [0.3, 0.4) is 0 Å². The predicted octanol–water partition coefficient (Wildman–Crippen LogP) is 6.36. The smallest absolute Gasteiger partial charge is 0.240 e. The molecule has 0 saturated carbocycles.